The van der Waals surface area contributed by atoms with Crippen molar-refractivity contribution >= 4 is 62.0 Å². The standard InChI is InChI=1S/C15H8Cl2N4O5S/c1-19-13-11(17)4-8(16)5-12(13)27-15(19)18-14(22)7-2-9(20(23)24)6-10(3-7)21(25)26/h2-6H,1H3. The topological polar surface area (TPSA) is 121 Å². The van der Waals surface area contributed by atoms with Gasteiger partial charge in [-0.05, 0) is 12.1 Å². The van der Waals surface area contributed by atoms with Crippen molar-refractivity contribution < 1.29 is 14.6 Å². The lowest BCUT2D eigenvalue weighted by Gasteiger charge is -1.99. The molecule has 0 fully saturated rings. The first-order valence-electron chi connectivity index (χ1n) is 7.15. The maximum Gasteiger partial charge on any atom is 0.280 e. The second-order valence-electron chi connectivity index (χ2n) is 5.35. The van der Waals surface area contributed by atoms with Crippen LogP contribution in [0.1, 0.15) is 10.4 Å². The molecular weight excluding hydrogens is 419 g/mol. The van der Waals surface area contributed by atoms with Crippen molar-refractivity contribution in [2.45, 2.75) is 0 Å². The number of aryl methyl sites for hydroxylation is 1. The van der Waals surface area contributed by atoms with Gasteiger partial charge in [0.1, 0.15) is 0 Å². The van der Waals surface area contributed by atoms with Crippen molar-refractivity contribution in [2.75, 3.05) is 0 Å². The number of rotatable bonds is 3. The van der Waals surface area contributed by atoms with Crippen molar-refractivity contribution in [1.29, 1.82) is 0 Å². The van der Waals surface area contributed by atoms with Gasteiger partial charge in [0.25, 0.3) is 17.3 Å². The van der Waals surface area contributed by atoms with Crippen molar-refractivity contribution in [3.63, 3.8) is 0 Å². The number of nitro groups is 2. The molecule has 0 aliphatic carbocycles. The lowest BCUT2D eigenvalue weighted by molar-refractivity contribution is -0.394. The van der Waals surface area contributed by atoms with E-state index in [1.807, 2.05) is 0 Å². The first kappa shape index (κ1) is 19.0. The number of carbonyl (C=O) groups excluding carboxylic acids is 1. The molecule has 3 aromatic rings. The molecule has 0 radical (unpaired) electrons. The first-order chi connectivity index (χ1) is 12.7. The molecule has 0 unspecified atom stereocenters. The number of carbonyl (C=O) groups is 1. The van der Waals surface area contributed by atoms with E-state index in [2.05, 4.69) is 4.99 Å². The van der Waals surface area contributed by atoms with Gasteiger partial charge in [0, 0.05) is 24.2 Å². The summed E-state index contributed by atoms with van der Waals surface area (Å²) in [5.74, 6) is -0.855. The molecule has 1 amide bonds. The smallest absolute Gasteiger partial charge is 0.280 e. The van der Waals surface area contributed by atoms with Crippen LogP contribution in [-0.4, -0.2) is 20.3 Å². The Morgan fingerprint density at radius 1 is 1.07 bits per heavy atom. The highest BCUT2D eigenvalue weighted by Crippen LogP contribution is 2.29. The van der Waals surface area contributed by atoms with E-state index in [1.165, 1.54) is 0 Å². The summed E-state index contributed by atoms with van der Waals surface area (Å²) >= 11 is 13.3. The largest absolute Gasteiger partial charge is 0.318 e. The highest BCUT2D eigenvalue weighted by molar-refractivity contribution is 7.16. The van der Waals surface area contributed by atoms with Crippen LogP contribution in [0.2, 0.25) is 10.0 Å². The average molecular weight is 427 g/mol. The molecule has 0 N–H and O–H groups in total. The fraction of sp³-hybridized carbons (Fsp3) is 0.0667. The Kier molecular flexibility index (Phi) is 4.96. The monoisotopic (exact) mass is 426 g/mol. The minimum absolute atomic E-state index is 0.258. The number of amides is 1. The molecule has 0 saturated carbocycles. The fourth-order valence-corrected chi connectivity index (χ4v) is 4.21. The number of hydrogen-bond acceptors (Lipinski definition) is 6. The van der Waals surface area contributed by atoms with E-state index in [0.717, 1.165) is 29.5 Å². The molecule has 12 heteroatoms. The van der Waals surface area contributed by atoms with Crippen LogP contribution in [-0.2, 0) is 7.05 Å². The minimum Gasteiger partial charge on any atom is -0.318 e. The summed E-state index contributed by atoms with van der Waals surface area (Å²) in [5, 5.41) is 22.7. The molecule has 3 rings (SSSR count). The molecule has 0 saturated heterocycles. The van der Waals surface area contributed by atoms with Crippen LogP contribution in [0.3, 0.4) is 0 Å². The Labute approximate surface area is 164 Å². The highest BCUT2D eigenvalue weighted by Gasteiger charge is 2.20. The summed E-state index contributed by atoms with van der Waals surface area (Å²) in [6.45, 7) is 0. The number of hydrogen-bond donors (Lipinski definition) is 0. The van der Waals surface area contributed by atoms with Crippen LogP contribution in [0.25, 0.3) is 10.2 Å². The number of nitro benzene ring substituents is 2. The van der Waals surface area contributed by atoms with Crippen molar-refractivity contribution in [1.82, 2.24) is 4.57 Å². The number of fused-ring (bicyclic) bond motifs is 1. The summed E-state index contributed by atoms with van der Waals surface area (Å²) < 4.78 is 2.26. The number of thiazole rings is 1. The van der Waals surface area contributed by atoms with Gasteiger partial charge in [0.15, 0.2) is 4.80 Å². The Hall–Kier alpha value is -2.82. The van der Waals surface area contributed by atoms with E-state index in [9.17, 15) is 25.0 Å². The molecule has 1 heterocycles. The van der Waals surface area contributed by atoms with E-state index in [4.69, 9.17) is 23.2 Å². The number of benzene rings is 2. The van der Waals surface area contributed by atoms with Gasteiger partial charge < -0.3 is 4.57 Å². The third kappa shape index (κ3) is 3.68. The average Bonchev–Trinajstić information content (AvgIpc) is 2.89. The SMILES string of the molecule is Cn1c(=NC(=O)c2cc([N+](=O)[O-])cc([N+](=O)[O-])c2)sc2cc(Cl)cc(Cl)c21. The molecule has 9 nitrogen and oxygen atoms in total. The second-order valence-corrected chi connectivity index (χ2v) is 7.20. The van der Waals surface area contributed by atoms with Gasteiger partial charge in [-0.15, -0.1) is 0 Å². The third-order valence-electron chi connectivity index (χ3n) is 3.59. The number of nitrogens with zero attached hydrogens (tertiary/aromatic N) is 4. The Morgan fingerprint density at radius 2 is 1.67 bits per heavy atom. The molecule has 27 heavy (non-hydrogen) atoms. The zero-order valence-corrected chi connectivity index (χ0v) is 15.7. The van der Waals surface area contributed by atoms with Crippen LogP contribution < -0.4 is 4.80 Å². The normalized spacial score (nSPS) is 11.7. The van der Waals surface area contributed by atoms with Gasteiger partial charge in [-0.25, -0.2) is 0 Å². The van der Waals surface area contributed by atoms with Crippen LogP contribution in [0, 0.1) is 20.2 Å². The van der Waals surface area contributed by atoms with Gasteiger partial charge >= 0.3 is 0 Å². The zero-order valence-electron chi connectivity index (χ0n) is 13.4. The lowest BCUT2D eigenvalue weighted by atomic mass is 10.1. The molecular formula is C15H8Cl2N4O5S. The molecule has 138 valence electrons. The van der Waals surface area contributed by atoms with Crippen molar-refractivity contribution in [2.24, 2.45) is 12.0 Å². The predicted molar refractivity (Wildman–Crippen MR) is 100 cm³/mol. The Morgan fingerprint density at radius 3 is 2.22 bits per heavy atom. The second kappa shape index (κ2) is 7.06. The third-order valence-corrected chi connectivity index (χ3v) is 5.17. The minimum atomic E-state index is -0.855. The van der Waals surface area contributed by atoms with E-state index < -0.39 is 27.1 Å². The number of aromatic nitrogens is 1. The Bertz CT molecular complexity index is 1170. The van der Waals surface area contributed by atoms with Gasteiger partial charge in [-0.2, -0.15) is 4.99 Å². The van der Waals surface area contributed by atoms with Gasteiger partial charge in [0.2, 0.25) is 0 Å². The number of halogens is 2. The summed E-state index contributed by atoms with van der Waals surface area (Å²) in [6.07, 6.45) is 0. The van der Waals surface area contributed by atoms with E-state index in [1.54, 1.807) is 23.7 Å². The maximum atomic E-state index is 12.5. The highest BCUT2D eigenvalue weighted by atomic mass is 35.5. The molecule has 2 aromatic carbocycles. The summed E-state index contributed by atoms with van der Waals surface area (Å²) in [4.78, 5) is 37.0. The fourth-order valence-electron chi connectivity index (χ4n) is 2.39. The molecule has 0 aliphatic heterocycles. The zero-order chi connectivity index (χ0) is 19.9. The Balaban J connectivity index is 2.16. The van der Waals surface area contributed by atoms with E-state index >= 15 is 0 Å². The van der Waals surface area contributed by atoms with Crippen LogP contribution in [0.4, 0.5) is 11.4 Å². The lowest BCUT2D eigenvalue weighted by Crippen LogP contribution is -2.13. The molecule has 0 atom stereocenters. The van der Waals surface area contributed by atoms with Crippen LogP contribution >= 0.6 is 34.5 Å². The number of non-ortho nitro benzene ring substituents is 2. The molecule has 0 bridgehead atoms. The predicted octanol–water partition coefficient (Wildman–Crippen LogP) is 4.10. The van der Waals surface area contributed by atoms with Crippen molar-refractivity contribution in [3.05, 3.63) is 71.0 Å². The summed E-state index contributed by atoms with van der Waals surface area (Å²) in [7, 11) is 1.64. The van der Waals surface area contributed by atoms with Gasteiger partial charge in [-0.1, -0.05) is 34.5 Å². The van der Waals surface area contributed by atoms with E-state index in [-0.39, 0.29) is 10.4 Å². The summed E-state index contributed by atoms with van der Waals surface area (Å²) in [6, 6.07) is 5.87. The van der Waals surface area contributed by atoms with Crippen LogP contribution in [0.5, 0.6) is 0 Å². The molecule has 0 spiro atoms. The molecule has 1 aromatic heterocycles. The summed E-state index contributed by atoms with van der Waals surface area (Å²) in [5.41, 5.74) is -0.795. The quantitative estimate of drug-likeness (QED) is 0.460. The van der Waals surface area contributed by atoms with Crippen molar-refractivity contribution in [3.8, 4) is 0 Å². The molecule has 0 aliphatic rings. The van der Waals surface area contributed by atoms with Gasteiger partial charge in [0.05, 0.1) is 36.7 Å². The van der Waals surface area contributed by atoms with Crippen LogP contribution in [0.15, 0.2) is 35.3 Å². The van der Waals surface area contributed by atoms with E-state index in [0.29, 0.717) is 20.3 Å². The maximum absolute atomic E-state index is 12.5. The first-order valence-corrected chi connectivity index (χ1v) is 8.72. The van der Waals surface area contributed by atoms with Gasteiger partial charge in [-0.3, -0.25) is 25.0 Å².